The van der Waals surface area contributed by atoms with E-state index < -0.39 is 7.37 Å². The highest BCUT2D eigenvalue weighted by Crippen LogP contribution is 2.41. The Morgan fingerprint density at radius 1 is 0.704 bits per heavy atom. The highest BCUT2D eigenvalue weighted by molar-refractivity contribution is 7.59. The standard InChI is InChI=1S/C20H23N3O.C17H26NO3P.C5H4N2O/c24-19(12-9-16-13-21-15-22-14-16)7-3-2-6-18-11-10-17-5-1-4-8-20(17)23-18;1-21-22(2,20)13-16(19)9-5-4-8-15-12-11-14-7-3-6-10-17(14)18-15;8-3-5-1-6-4-7-2-5/h9-15H,1-8H2;11-12H,3-10,13H2,1-2H3;1-4H/b12-9+;;. The molecule has 0 fully saturated rings. The fourth-order valence-electron chi connectivity index (χ4n) is 6.27. The van der Waals surface area contributed by atoms with E-state index in [0.29, 0.717) is 24.7 Å². The number of carbonyl (C=O) groups excluding carboxylic acids is 3. The molecule has 0 saturated heterocycles. The lowest BCUT2D eigenvalue weighted by Crippen LogP contribution is -2.08. The first-order valence-electron chi connectivity index (χ1n) is 19.0. The number of fused-ring (bicyclic) bond motifs is 2. The highest BCUT2D eigenvalue weighted by Gasteiger charge is 2.18. The van der Waals surface area contributed by atoms with Gasteiger partial charge in [0.15, 0.2) is 12.1 Å². The Labute approximate surface area is 319 Å². The van der Waals surface area contributed by atoms with Crippen LogP contribution in [-0.2, 0) is 57.2 Å². The molecule has 1 unspecified atom stereocenters. The molecule has 286 valence electrons. The smallest absolute Gasteiger partial charge is 0.207 e. The molecule has 2 aliphatic rings. The molecule has 0 saturated carbocycles. The predicted molar refractivity (Wildman–Crippen MR) is 211 cm³/mol. The third-order valence-corrected chi connectivity index (χ3v) is 11.0. The fraction of sp³-hybridized carbons (Fsp3) is 0.452. The minimum absolute atomic E-state index is 0.0334. The first-order valence-corrected chi connectivity index (χ1v) is 21.3. The van der Waals surface area contributed by atoms with Crippen molar-refractivity contribution in [2.75, 3.05) is 19.9 Å². The molecule has 0 aromatic carbocycles. The predicted octanol–water partition coefficient (Wildman–Crippen LogP) is 7.83. The van der Waals surface area contributed by atoms with Gasteiger partial charge in [0.1, 0.15) is 18.4 Å². The zero-order valence-electron chi connectivity index (χ0n) is 31.7. The number of pyridine rings is 2. The van der Waals surface area contributed by atoms with Gasteiger partial charge in [-0.05, 0) is 125 Å². The average Bonchev–Trinajstić information content (AvgIpc) is 3.21. The quantitative estimate of drug-likeness (QED) is 0.0476. The third-order valence-electron chi connectivity index (χ3n) is 9.32. The maximum atomic E-state index is 11.9. The van der Waals surface area contributed by atoms with Crippen molar-refractivity contribution in [3.63, 3.8) is 0 Å². The Morgan fingerprint density at radius 2 is 1.20 bits per heavy atom. The molecular formula is C42H53N6O5P. The monoisotopic (exact) mass is 752 g/mol. The number of aromatic nitrogens is 6. The molecule has 0 bridgehead atoms. The summed E-state index contributed by atoms with van der Waals surface area (Å²) in [6.45, 7) is 1.52. The Hall–Kier alpha value is -4.60. The van der Waals surface area contributed by atoms with E-state index >= 15 is 0 Å². The van der Waals surface area contributed by atoms with Crippen LogP contribution in [0.4, 0.5) is 0 Å². The van der Waals surface area contributed by atoms with Crippen LogP contribution < -0.4 is 0 Å². The molecule has 2 aliphatic carbocycles. The molecule has 12 heteroatoms. The highest BCUT2D eigenvalue weighted by atomic mass is 31.2. The normalized spacial score (nSPS) is 14.3. The largest absolute Gasteiger partial charge is 0.332 e. The molecular weight excluding hydrogens is 699 g/mol. The van der Waals surface area contributed by atoms with Crippen molar-refractivity contribution in [3.8, 4) is 0 Å². The Kier molecular flexibility index (Phi) is 18.1. The second-order valence-electron chi connectivity index (χ2n) is 13.8. The van der Waals surface area contributed by atoms with E-state index in [2.05, 4.69) is 44.2 Å². The maximum absolute atomic E-state index is 11.9. The number of hydrogen-bond donors (Lipinski definition) is 0. The molecule has 4 heterocycles. The van der Waals surface area contributed by atoms with Crippen LogP contribution in [0.3, 0.4) is 0 Å². The van der Waals surface area contributed by atoms with E-state index in [0.717, 1.165) is 69.0 Å². The first-order chi connectivity index (χ1) is 26.2. The lowest BCUT2D eigenvalue weighted by Gasteiger charge is -2.15. The van der Waals surface area contributed by atoms with Crippen molar-refractivity contribution in [3.05, 3.63) is 113 Å². The zero-order valence-corrected chi connectivity index (χ0v) is 32.6. The van der Waals surface area contributed by atoms with Gasteiger partial charge in [-0.15, -0.1) is 0 Å². The topological polar surface area (TPSA) is 155 Å². The van der Waals surface area contributed by atoms with E-state index in [9.17, 15) is 18.9 Å². The summed E-state index contributed by atoms with van der Waals surface area (Å²) in [5.41, 5.74) is 9.05. The molecule has 6 rings (SSSR count). The van der Waals surface area contributed by atoms with Crippen LogP contribution in [-0.4, -0.2) is 67.7 Å². The maximum Gasteiger partial charge on any atom is 0.207 e. The minimum atomic E-state index is -2.71. The molecule has 1 atom stereocenters. The van der Waals surface area contributed by atoms with Gasteiger partial charge in [-0.1, -0.05) is 12.1 Å². The first kappa shape index (κ1) is 42.1. The number of Topliss-reactive ketones (excluding diaryl/α,β-unsaturated/α-hetero) is 1. The number of ketones is 2. The SMILES string of the molecule is COP(C)(=O)CC(=O)CCCCc1ccc2c(n1)CCCC2.O=C(/C=C/c1cncnc1)CCCCc1ccc2c(n1)CCCC2.O=Cc1cncnc1. The number of rotatable bonds is 16. The molecule has 4 aromatic rings. The lowest BCUT2D eigenvalue weighted by molar-refractivity contribution is -0.117. The molecule has 0 N–H and O–H groups in total. The van der Waals surface area contributed by atoms with Crippen LogP contribution in [0, 0.1) is 0 Å². The Balaban J connectivity index is 0.000000201. The summed E-state index contributed by atoms with van der Waals surface area (Å²) < 4.78 is 16.6. The van der Waals surface area contributed by atoms with Crippen molar-refractivity contribution in [2.24, 2.45) is 0 Å². The lowest BCUT2D eigenvalue weighted by atomic mass is 9.95. The number of aryl methyl sites for hydroxylation is 6. The molecule has 11 nitrogen and oxygen atoms in total. The molecule has 0 spiro atoms. The van der Waals surface area contributed by atoms with Gasteiger partial charge in [0.2, 0.25) is 7.37 Å². The van der Waals surface area contributed by atoms with Gasteiger partial charge in [0, 0.05) is 79.7 Å². The van der Waals surface area contributed by atoms with Gasteiger partial charge in [0.05, 0.1) is 11.7 Å². The zero-order chi connectivity index (χ0) is 38.4. The second kappa shape index (κ2) is 23.2. The van der Waals surface area contributed by atoms with Crippen LogP contribution in [0.25, 0.3) is 6.08 Å². The van der Waals surface area contributed by atoms with Crippen molar-refractivity contribution < 1.29 is 23.5 Å². The van der Waals surface area contributed by atoms with Crippen molar-refractivity contribution >= 4 is 31.3 Å². The average molecular weight is 753 g/mol. The van der Waals surface area contributed by atoms with Crippen LogP contribution in [0.2, 0.25) is 0 Å². The molecule has 54 heavy (non-hydrogen) atoms. The summed E-state index contributed by atoms with van der Waals surface area (Å²) >= 11 is 0. The summed E-state index contributed by atoms with van der Waals surface area (Å²) in [5.74, 6) is 0.184. The van der Waals surface area contributed by atoms with Crippen LogP contribution >= 0.6 is 7.37 Å². The molecule has 4 aromatic heterocycles. The van der Waals surface area contributed by atoms with Crippen LogP contribution in [0.1, 0.15) is 114 Å². The summed E-state index contributed by atoms with van der Waals surface area (Å²) in [7, 11) is -1.31. The van der Waals surface area contributed by atoms with Gasteiger partial charge in [-0.25, -0.2) is 19.9 Å². The van der Waals surface area contributed by atoms with E-state index in [1.807, 2.05) is 0 Å². The Bertz CT molecular complexity index is 1850. The van der Waals surface area contributed by atoms with E-state index in [1.54, 1.807) is 24.5 Å². The van der Waals surface area contributed by atoms with Crippen LogP contribution in [0.5, 0.6) is 0 Å². The van der Waals surface area contributed by atoms with Gasteiger partial charge >= 0.3 is 0 Å². The minimum Gasteiger partial charge on any atom is -0.332 e. The Morgan fingerprint density at radius 3 is 1.70 bits per heavy atom. The third kappa shape index (κ3) is 15.8. The van der Waals surface area contributed by atoms with Gasteiger partial charge in [0.25, 0.3) is 0 Å². The van der Waals surface area contributed by atoms with Crippen molar-refractivity contribution in [2.45, 2.75) is 103 Å². The number of aldehydes is 1. The number of unbranched alkanes of at least 4 members (excludes halogenated alkanes) is 2. The number of hydrogen-bond acceptors (Lipinski definition) is 11. The summed E-state index contributed by atoms with van der Waals surface area (Å²) in [4.78, 5) is 58.2. The van der Waals surface area contributed by atoms with E-state index in [4.69, 9.17) is 14.5 Å². The fourth-order valence-corrected chi connectivity index (χ4v) is 7.20. The summed E-state index contributed by atoms with van der Waals surface area (Å²) in [6.07, 6.45) is 29.5. The van der Waals surface area contributed by atoms with Crippen LogP contribution in [0.15, 0.2) is 67.8 Å². The van der Waals surface area contributed by atoms with Gasteiger partial charge in [-0.2, -0.15) is 0 Å². The van der Waals surface area contributed by atoms with Gasteiger partial charge in [-0.3, -0.25) is 28.9 Å². The number of carbonyl (C=O) groups is 3. The van der Waals surface area contributed by atoms with Crippen molar-refractivity contribution in [1.29, 1.82) is 0 Å². The number of allylic oxidation sites excluding steroid dienone is 1. The van der Waals surface area contributed by atoms with Gasteiger partial charge < -0.3 is 4.52 Å². The molecule has 0 radical (unpaired) electrons. The summed E-state index contributed by atoms with van der Waals surface area (Å²) in [5, 5.41) is 0. The molecule has 0 aliphatic heterocycles. The summed E-state index contributed by atoms with van der Waals surface area (Å²) in [6, 6.07) is 8.74. The second-order valence-corrected chi connectivity index (χ2v) is 16.5. The van der Waals surface area contributed by atoms with E-state index in [1.165, 1.54) is 99.1 Å². The number of nitrogens with zero attached hydrogens (tertiary/aromatic N) is 6. The van der Waals surface area contributed by atoms with E-state index in [-0.39, 0.29) is 17.7 Å². The van der Waals surface area contributed by atoms with Crippen molar-refractivity contribution in [1.82, 2.24) is 29.9 Å². The molecule has 0 amide bonds.